The Balaban J connectivity index is 2.00. The smallest absolute Gasteiger partial charge is 0.250 e. The molecule has 1 aromatic carbocycles. The SMILES string of the molecule is CN(C)CCN(Cc1ccccc1)C(=O)CCn1ccccc1=O. The van der Waals surface area contributed by atoms with Crippen molar-refractivity contribution in [1.29, 1.82) is 0 Å². The summed E-state index contributed by atoms with van der Waals surface area (Å²) in [5, 5.41) is 0. The van der Waals surface area contributed by atoms with E-state index in [-0.39, 0.29) is 11.5 Å². The Kier molecular flexibility index (Phi) is 6.75. The maximum absolute atomic E-state index is 12.6. The molecule has 0 aliphatic rings. The van der Waals surface area contributed by atoms with Gasteiger partial charge in [0.25, 0.3) is 5.56 Å². The molecule has 0 aliphatic carbocycles. The van der Waals surface area contributed by atoms with E-state index < -0.39 is 0 Å². The second-order valence-electron chi connectivity index (χ2n) is 6.09. The van der Waals surface area contributed by atoms with Gasteiger partial charge in [0.2, 0.25) is 5.91 Å². The summed E-state index contributed by atoms with van der Waals surface area (Å²) >= 11 is 0. The molecule has 1 heterocycles. The van der Waals surface area contributed by atoms with Crippen molar-refractivity contribution in [1.82, 2.24) is 14.4 Å². The number of benzene rings is 1. The van der Waals surface area contributed by atoms with Crippen molar-refractivity contribution in [3.05, 3.63) is 70.6 Å². The van der Waals surface area contributed by atoms with E-state index in [4.69, 9.17) is 0 Å². The fourth-order valence-electron chi connectivity index (χ4n) is 2.44. The molecule has 0 bridgehead atoms. The van der Waals surface area contributed by atoms with Crippen molar-refractivity contribution in [2.45, 2.75) is 19.5 Å². The first-order valence-electron chi connectivity index (χ1n) is 8.18. The summed E-state index contributed by atoms with van der Waals surface area (Å²) in [6.45, 7) is 2.48. The average Bonchev–Trinajstić information content (AvgIpc) is 2.58. The number of nitrogens with zero attached hydrogens (tertiary/aromatic N) is 3. The first-order chi connectivity index (χ1) is 11.6. The summed E-state index contributed by atoms with van der Waals surface area (Å²) in [5.74, 6) is 0.0662. The minimum atomic E-state index is -0.0757. The van der Waals surface area contributed by atoms with Crippen LogP contribution in [0, 0.1) is 0 Å². The van der Waals surface area contributed by atoms with Gasteiger partial charge in [-0.25, -0.2) is 0 Å². The maximum atomic E-state index is 12.6. The van der Waals surface area contributed by atoms with E-state index in [1.165, 1.54) is 6.07 Å². The van der Waals surface area contributed by atoms with Crippen molar-refractivity contribution in [3.8, 4) is 0 Å². The zero-order valence-electron chi connectivity index (χ0n) is 14.4. The van der Waals surface area contributed by atoms with Gasteiger partial charge in [0, 0.05) is 44.9 Å². The number of amides is 1. The molecule has 0 aliphatic heterocycles. The molecule has 1 aromatic heterocycles. The van der Waals surface area contributed by atoms with Gasteiger partial charge in [-0.2, -0.15) is 0 Å². The molecule has 0 radical (unpaired) electrons. The lowest BCUT2D eigenvalue weighted by molar-refractivity contribution is -0.132. The quantitative estimate of drug-likeness (QED) is 0.743. The fraction of sp³-hybridized carbons (Fsp3) is 0.368. The second-order valence-corrected chi connectivity index (χ2v) is 6.09. The lowest BCUT2D eigenvalue weighted by Crippen LogP contribution is -2.37. The van der Waals surface area contributed by atoms with E-state index in [0.29, 0.717) is 26.1 Å². The van der Waals surface area contributed by atoms with Gasteiger partial charge < -0.3 is 14.4 Å². The second kappa shape index (κ2) is 9.03. The maximum Gasteiger partial charge on any atom is 0.250 e. The number of carbonyl (C=O) groups is 1. The molecule has 2 rings (SSSR count). The van der Waals surface area contributed by atoms with Crippen LogP contribution in [0.25, 0.3) is 0 Å². The monoisotopic (exact) mass is 327 g/mol. The van der Waals surface area contributed by atoms with Crippen molar-refractivity contribution in [2.24, 2.45) is 0 Å². The predicted molar refractivity (Wildman–Crippen MR) is 95.7 cm³/mol. The topological polar surface area (TPSA) is 45.5 Å². The minimum Gasteiger partial charge on any atom is -0.337 e. The van der Waals surface area contributed by atoms with Gasteiger partial charge in [-0.15, -0.1) is 0 Å². The molecule has 0 unspecified atom stereocenters. The van der Waals surface area contributed by atoms with E-state index in [9.17, 15) is 9.59 Å². The van der Waals surface area contributed by atoms with Crippen LogP contribution in [0.4, 0.5) is 0 Å². The largest absolute Gasteiger partial charge is 0.337 e. The van der Waals surface area contributed by atoms with Gasteiger partial charge in [0.05, 0.1) is 0 Å². The zero-order valence-corrected chi connectivity index (χ0v) is 14.4. The molecule has 5 heteroatoms. The van der Waals surface area contributed by atoms with Crippen molar-refractivity contribution < 1.29 is 4.79 Å². The third-order valence-electron chi connectivity index (χ3n) is 3.85. The Morgan fingerprint density at radius 2 is 1.71 bits per heavy atom. The van der Waals surface area contributed by atoms with Crippen LogP contribution in [0.1, 0.15) is 12.0 Å². The van der Waals surface area contributed by atoms with Crippen LogP contribution < -0.4 is 5.56 Å². The number of hydrogen-bond acceptors (Lipinski definition) is 3. The van der Waals surface area contributed by atoms with Gasteiger partial charge in [0.15, 0.2) is 0 Å². The predicted octanol–water partition coefficient (Wildman–Crippen LogP) is 1.83. The van der Waals surface area contributed by atoms with Crippen molar-refractivity contribution >= 4 is 5.91 Å². The van der Waals surface area contributed by atoms with Crippen LogP contribution in [0.3, 0.4) is 0 Å². The Morgan fingerprint density at radius 1 is 1.00 bits per heavy atom. The van der Waals surface area contributed by atoms with Gasteiger partial charge in [-0.3, -0.25) is 9.59 Å². The third-order valence-corrected chi connectivity index (χ3v) is 3.85. The van der Waals surface area contributed by atoms with Crippen LogP contribution in [0.5, 0.6) is 0 Å². The number of hydrogen-bond donors (Lipinski definition) is 0. The average molecular weight is 327 g/mol. The molecule has 5 nitrogen and oxygen atoms in total. The van der Waals surface area contributed by atoms with Crippen LogP contribution in [-0.4, -0.2) is 47.5 Å². The van der Waals surface area contributed by atoms with Crippen molar-refractivity contribution in [2.75, 3.05) is 27.2 Å². The van der Waals surface area contributed by atoms with Gasteiger partial charge >= 0.3 is 0 Å². The Labute approximate surface area is 143 Å². The Morgan fingerprint density at radius 3 is 2.38 bits per heavy atom. The number of likely N-dealkylation sites (N-methyl/N-ethyl adjacent to an activating group) is 1. The van der Waals surface area contributed by atoms with E-state index >= 15 is 0 Å². The number of carbonyl (C=O) groups excluding carboxylic acids is 1. The molecule has 2 aromatic rings. The Hall–Kier alpha value is -2.40. The molecule has 0 saturated carbocycles. The summed E-state index contributed by atoms with van der Waals surface area (Å²) in [4.78, 5) is 28.3. The molecule has 1 amide bonds. The number of pyridine rings is 1. The zero-order chi connectivity index (χ0) is 17.4. The van der Waals surface area contributed by atoms with Crippen molar-refractivity contribution in [3.63, 3.8) is 0 Å². The van der Waals surface area contributed by atoms with E-state index in [1.807, 2.05) is 49.3 Å². The molecule has 0 N–H and O–H groups in total. The highest BCUT2D eigenvalue weighted by Gasteiger charge is 2.14. The first-order valence-corrected chi connectivity index (χ1v) is 8.18. The van der Waals surface area contributed by atoms with E-state index in [2.05, 4.69) is 4.90 Å². The summed E-state index contributed by atoms with van der Waals surface area (Å²) in [5.41, 5.74) is 1.04. The molecular weight excluding hydrogens is 302 g/mol. The molecule has 0 fully saturated rings. The highest BCUT2D eigenvalue weighted by Crippen LogP contribution is 2.07. The van der Waals surface area contributed by atoms with Crippen LogP contribution in [0.2, 0.25) is 0 Å². The Bertz CT molecular complexity index is 695. The molecular formula is C19H25N3O2. The minimum absolute atomic E-state index is 0.0662. The van der Waals surface area contributed by atoms with Gasteiger partial charge in [-0.1, -0.05) is 36.4 Å². The summed E-state index contributed by atoms with van der Waals surface area (Å²) < 4.78 is 1.57. The highest BCUT2D eigenvalue weighted by molar-refractivity contribution is 5.76. The van der Waals surface area contributed by atoms with Gasteiger partial charge in [-0.05, 0) is 25.7 Å². The molecule has 128 valence electrons. The molecule has 0 atom stereocenters. The van der Waals surface area contributed by atoms with Crippen LogP contribution >= 0.6 is 0 Å². The standard InChI is InChI=1S/C19H25N3O2/c1-20(2)14-15-22(16-17-8-4-3-5-9-17)19(24)11-13-21-12-7-6-10-18(21)23/h3-10,12H,11,13-16H2,1-2H3. The normalized spacial score (nSPS) is 10.8. The number of aromatic nitrogens is 1. The highest BCUT2D eigenvalue weighted by atomic mass is 16.2. The third kappa shape index (κ3) is 5.66. The first kappa shape index (κ1) is 17.9. The molecule has 0 spiro atoms. The van der Waals surface area contributed by atoms with Crippen LogP contribution in [-0.2, 0) is 17.9 Å². The molecule has 24 heavy (non-hydrogen) atoms. The summed E-state index contributed by atoms with van der Waals surface area (Å²) in [6, 6.07) is 15.0. The number of aryl methyl sites for hydroxylation is 1. The number of rotatable bonds is 8. The van der Waals surface area contributed by atoms with E-state index in [0.717, 1.165) is 12.1 Å². The van der Waals surface area contributed by atoms with Gasteiger partial charge in [0.1, 0.15) is 0 Å². The summed E-state index contributed by atoms with van der Waals surface area (Å²) in [6.07, 6.45) is 2.04. The summed E-state index contributed by atoms with van der Waals surface area (Å²) in [7, 11) is 3.99. The van der Waals surface area contributed by atoms with Crippen LogP contribution in [0.15, 0.2) is 59.5 Å². The fourth-order valence-corrected chi connectivity index (χ4v) is 2.44. The lowest BCUT2D eigenvalue weighted by Gasteiger charge is -2.25. The van der Waals surface area contributed by atoms with E-state index in [1.54, 1.807) is 22.9 Å². The lowest BCUT2D eigenvalue weighted by atomic mass is 10.2. The molecule has 0 saturated heterocycles.